The van der Waals surface area contributed by atoms with Gasteiger partial charge in [-0.3, -0.25) is 9.20 Å². The fourth-order valence-corrected chi connectivity index (χ4v) is 3.05. The molecular weight excluding hydrogens is 352 g/mol. The van der Waals surface area contributed by atoms with Crippen molar-refractivity contribution >= 4 is 46.0 Å². The lowest BCUT2D eigenvalue weighted by molar-refractivity contribution is 0.0702. The van der Waals surface area contributed by atoms with Crippen LogP contribution in [0.5, 0.6) is 5.75 Å². The van der Waals surface area contributed by atoms with E-state index in [4.69, 9.17) is 21.4 Å². The number of halogens is 1. The molecule has 1 N–H and O–H groups in total. The Bertz CT molecular complexity index is 1010. The highest BCUT2D eigenvalue weighted by atomic mass is 35.5. The maximum atomic E-state index is 12.2. The molecule has 0 aliphatic carbocycles. The van der Waals surface area contributed by atoms with E-state index in [1.54, 1.807) is 19.3 Å². The molecule has 0 bridgehead atoms. The molecule has 0 saturated heterocycles. The number of ether oxygens (including phenoxy) is 1. The summed E-state index contributed by atoms with van der Waals surface area (Å²) in [7, 11) is 1.59. The van der Waals surface area contributed by atoms with Crippen LogP contribution in [-0.2, 0) is 0 Å². The van der Waals surface area contributed by atoms with Gasteiger partial charge in [-0.25, -0.2) is 9.78 Å². The molecule has 24 heavy (non-hydrogen) atoms. The van der Waals surface area contributed by atoms with Gasteiger partial charge in [-0.1, -0.05) is 41.1 Å². The molecule has 6 nitrogen and oxygen atoms in total. The highest BCUT2D eigenvalue weighted by Crippen LogP contribution is 2.20. The number of carbonyl (C=O) groups is 1. The molecule has 0 amide bonds. The van der Waals surface area contributed by atoms with E-state index in [9.17, 15) is 9.59 Å². The van der Waals surface area contributed by atoms with Gasteiger partial charge in [0.1, 0.15) is 15.6 Å². The summed E-state index contributed by atoms with van der Waals surface area (Å²) in [6.07, 6.45) is 4.60. The molecule has 2 aromatic heterocycles. The minimum atomic E-state index is -1.11. The SMILES string of the molecule is COc1ccc(/C=C/c2nc3sc(C(=O)O)cn3c(=O)c2Cl)cc1. The molecular formula is C16H11ClN2O4S. The number of fused-ring (bicyclic) bond motifs is 1. The van der Waals surface area contributed by atoms with Crippen molar-refractivity contribution in [1.29, 1.82) is 0 Å². The van der Waals surface area contributed by atoms with Crippen LogP contribution in [0.4, 0.5) is 0 Å². The standard InChI is InChI=1S/C16H11ClN2O4S/c1-23-10-5-2-9(3-6-10)4-7-11-13(17)14(20)19-8-12(15(21)22)24-16(19)18-11/h2-8H,1H3,(H,21,22)/b7-4+. The number of carboxylic acids is 1. The van der Waals surface area contributed by atoms with Crippen LogP contribution in [0.25, 0.3) is 17.1 Å². The summed E-state index contributed by atoms with van der Waals surface area (Å²) in [5, 5.41) is 8.96. The third-order valence-electron chi connectivity index (χ3n) is 3.26. The molecule has 8 heteroatoms. The first kappa shape index (κ1) is 16.2. The monoisotopic (exact) mass is 362 g/mol. The maximum Gasteiger partial charge on any atom is 0.347 e. The van der Waals surface area contributed by atoms with E-state index in [-0.39, 0.29) is 20.6 Å². The molecule has 0 aliphatic rings. The number of methoxy groups -OCH3 is 1. The highest BCUT2D eigenvalue weighted by Gasteiger charge is 2.14. The number of aromatic carboxylic acids is 1. The number of hydrogen-bond donors (Lipinski definition) is 1. The number of benzene rings is 1. The molecule has 0 saturated carbocycles. The molecule has 1 aromatic carbocycles. The van der Waals surface area contributed by atoms with Gasteiger partial charge in [-0.2, -0.15) is 0 Å². The summed E-state index contributed by atoms with van der Waals surface area (Å²) >= 11 is 6.98. The third kappa shape index (κ3) is 3.04. The van der Waals surface area contributed by atoms with Crippen LogP contribution in [0.3, 0.4) is 0 Å². The number of thiazole rings is 1. The van der Waals surface area contributed by atoms with Gasteiger partial charge in [-0.05, 0) is 23.8 Å². The van der Waals surface area contributed by atoms with Crippen LogP contribution in [-0.4, -0.2) is 27.6 Å². The van der Waals surface area contributed by atoms with E-state index in [2.05, 4.69) is 4.98 Å². The van der Waals surface area contributed by atoms with Gasteiger partial charge in [0.05, 0.1) is 12.8 Å². The average molecular weight is 363 g/mol. The molecule has 2 heterocycles. The number of rotatable bonds is 4. The number of carboxylic acid groups (broad SMARTS) is 1. The van der Waals surface area contributed by atoms with E-state index in [0.717, 1.165) is 27.1 Å². The zero-order valence-corrected chi connectivity index (χ0v) is 14.0. The van der Waals surface area contributed by atoms with Crippen molar-refractivity contribution in [3.05, 3.63) is 62.0 Å². The van der Waals surface area contributed by atoms with Gasteiger partial charge in [0.15, 0.2) is 4.96 Å². The van der Waals surface area contributed by atoms with Crippen molar-refractivity contribution in [2.24, 2.45) is 0 Å². The van der Waals surface area contributed by atoms with Crippen molar-refractivity contribution in [2.75, 3.05) is 7.11 Å². The Balaban J connectivity index is 2.02. The maximum absolute atomic E-state index is 12.2. The zero-order chi connectivity index (χ0) is 17.3. The van der Waals surface area contributed by atoms with Crippen molar-refractivity contribution in [1.82, 2.24) is 9.38 Å². The van der Waals surface area contributed by atoms with E-state index in [1.807, 2.05) is 24.3 Å². The molecule has 0 radical (unpaired) electrons. The Labute approximate surface area is 145 Å². The smallest absolute Gasteiger partial charge is 0.347 e. The fraction of sp³-hybridized carbons (Fsp3) is 0.0625. The lowest BCUT2D eigenvalue weighted by Crippen LogP contribution is -2.14. The largest absolute Gasteiger partial charge is 0.497 e. The third-order valence-corrected chi connectivity index (χ3v) is 4.59. The van der Waals surface area contributed by atoms with Crippen LogP contribution < -0.4 is 10.3 Å². The van der Waals surface area contributed by atoms with E-state index < -0.39 is 11.5 Å². The van der Waals surface area contributed by atoms with Gasteiger partial charge in [0.2, 0.25) is 0 Å². The predicted molar refractivity (Wildman–Crippen MR) is 93.2 cm³/mol. The predicted octanol–water partition coefficient (Wildman–Crippen LogP) is 3.29. The van der Waals surface area contributed by atoms with Gasteiger partial charge in [-0.15, -0.1) is 0 Å². The van der Waals surface area contributed by atoms with Gasteiger partial charge < -0.3 is 9.84 Å². The summed E-state index contributed by atoms with van der Waals surface area (Å²) in [4.78, 5) is 27.8. The average Bonchev–Trinajstić information content (AvgIpc) is 3.02. The minimum absolute atomic E-state index is 0.0203. The number of aromatic nitrogens is 2. The molecule has 0 atom stereocenters. The van der Waals surface area contributed by atoms with Crippen molar-refractivity contribution in [3.8, 4) is 5.75 Å². The fourth-order valence-electron chi connectivity index (χ4n) is 2.04. The van der Waals surface area contributed by atoms with Crippen molar-refractivity contribution < 1.29 is 14.6 Å². The Morgan fingerprint density at radius 3 is 2.67 bits per heavy atom. The lowest BCUT2D eigenvalue weighted by Gasteiger charge is -2.00. The summed E-state index contributed by atoms with van der Waals surface area (Å²) in [6.45, 7) is 0. The van der Waals surface area contributed by atoms with Gasteiger partial charge in [0, 0.05) is 6.20 Å². The Hall–Kier alpha value is -2.64. The van der Waals surface area contributed by atoms with Gasteiger partial charge >= 0.3 is 5.97 Å². The first-order valence-electron chi connectivity index (χ1n) is 6.76. The Morgan fingerprint density at radius 2 is 2.04 bits per heavy atom. The Morgan fingerprint density at radius 1 is 1.33 bits per heavy atom. The second kappa shape index (κ2) is 6.46. The minimum Gasteiger partial charge on any atom is -0.497 e. The van der Waals surface area contributed by atoms with Crippen LogP contribution in [0, 0.1) is 0 Å². The number of hydrogen-bond acceptors (Lipinski definition) is 5. The van der Waals surface area contributed by atoms with Crippen LogP contribution in [0.2, 0.25) is 5.02 Å². The van der Waals surface area contributed by atoms with Gasteiger partial charge in [0.25, 0.3) is 5.56 Å². The topological polar surface area (TPSA) is 80.9 Å². The van der Waals surface area contributed by atoms with E-state index in [0.29, 0.717) is 0 Å². The molecule has 0 aliphatic heterocycles. The second-order valence-corrected chi connectivity index (χ2v) is 6.16. The molecule has 3 rings (SSSR count). The first-order valence-corrected chi connectivity index (χ1v) is 7.96. The zero-order valence-electron chi connectivity index (χ0n) is 12.4. The molecule has 3 aromatic rings. The number of nitrogens with zero attached hydrogens (tertiary/aromatic N) is 2. The summed E-state index contributed by atoms with van der Waals surface area (Å²) in [5.41, 5.74) is 0.669. The second-order valence-electron chi connectivity index (χ2n) is 4.78. The quantitative estimate of drug-likeness (QED) is 0.770. The molecule has 0 unspecified atom stereocenters. The van der Waals surface area contributed by atoms with E-state index >= 15 is 0 Å². The lowest BCUT2D eigenvalue weighted by atomic mass is 10.2. The van der Waals surface area contributed by atoms with Crippen LogP contribution in [0.1, 0.15) is 20.9 Å². The van der Waals surface area contributed by atoms with Crippen LogP contribution >= 0.6 is 22.9 Å². The van der Waals surface area contributed by atoms with Crippen molar-refractivity contribution in [3.63, 3.8) is 0 Å². The molecule has 0 spiro atoms. The first-order chi connectivity index (χ1) is 11.5. The van der Waals surface area contributed by atoms with E-state index in [1.165, 1.54) is 6.20 Å². The van der Waals surface area contributed by atoms with Crippen molar-refractivity contribution in [2.45, 2.75) is 0 Å². The normalized spacial score (nSPS) is 11.2. The Kier molecular flexibility index (Phi) is 4.37. The van der Waals surface area contributed by atoms with Crippen LogP contribution in [0.15, 0.2) is 35.3 Å². The summed E-state index contributed by atoms with van der Waals surface area (Å²) in [5.74, 6) is -0.376. The molecule has 122 valence electrons. The highest BCUT2D eigenvalue weighted by molar-refractivity contribution is 7.18. The summed E-state index contributed by atoms with van der Waals surface area (Å²) < 4.78 is 6.23. The summed E-state index contributed by atoms with van der Waals surface area (Å²) in [6, 6.07) is 7.32. The molecule has 0 fully saturated rings.